The molecule has 5 nitrogen and oxygen atoms in total. The largest absolute Gasteiger partial charge is 0.493 e. The molecule has 31 heavy (non-hydrogen) atoms. The lowest BCUT2D eigenvalue weighted by atomic mass is 10.1. The van der Waals surface area contributed by atoms with Gasteiger partial charge in [0, 0.05) is 11.6 Å². The van der Waals surface area contributed by atoms with E-state index in [0.717, 1.165) is 24.1 Å². The third-order valence-electron chi connectivity index (χ3n) is 4.42. The molecule has 0 aliphatic heterocycles. The van der Waals surface area contributed by atoms with Crippen molar-refractivity contribution in [2.45, 2.75) is 13.0 Å². The summed E-state index contributed by atoms with van der Waals surface area (Å²) in [6, 6.07) is 23.4. The number of nitrogens with zero attached hydrogens (tertiary/aromatic N) is 1. The fraction of sp³-hybridized carbons (Fsp3) is 0.167. The van der Waals surface area contributed by atoms with Crippen LogP contribution in [0.1, 0.15) is 16.7 Å². The van der Waals surface area contributed by atoms with Crippen LogP contribution >= 0.6 is 23.8 Å². The average Bonchev–Trinajstić information content (AvgIpc) is 2.80. The van der Waals surface area contributed by atoms with Crippen LogP contribution in [-0.4, -0.2) is 25.0 Å². The Morgan fingerprint density at radius 2 is 1.77 bits per heavy atom. The number of rotatable bonds is 9. The number of ether oxygens (including phenoxy) is 2. The van der Waals surface area contributed by atoms with Crippen molar-refractivity contribution < 1.29 is 9.47 Å². The van der Waals surface area contributed by atoms with E-state index >= 15 is 0 Å². The Labute approximate surface area is 193 Å². The highest BCUT2D eigenvalue weighted by molar-refractivity contribution is 7.80. The highest BCUT2D eigenvalue weighted by Crippen LogP contribution is 2.28. The second-order valence-corrected chi connectivity index (χ2v) is 7.53. The first-order valence-electron chi connectivity index (χ1n) is 9.80. The van der Waals surface area contributed by atoms with E-state index in [4.69, 9.17) is 33.3 Å². The van der Waals surface area contributed by atoms with Gasteiger partial charge < -0.3 is 14.8 Å². The Balaban J connectivity index is 1.47. The van der Waals surface area contributed by atoms with Crippen molar-refractivity contribution in [2.24, 2.45) is 5.10 Å². The molecule has 0 spiro atoms. The molecule has 0 aromatic heterocycles. The number of benzene rings is 3. The molecule has 3 aromatic rings. The van der Waals surface area contributed by atoms with Crippen LogP contribution in [0.15, 0.2) is 77.9 Å². The Morgan fingerprint density at radius 3 is 2.52 bits per heavy atom. The van der Waals surface area contributed by atoms with E-state index in [0.29, 0.717) is 28.2 Å². The summed E-state index contributed by atoms with van der Waals surface area (Å²) < 4.78 is 11.3. The summed E-state index contributed by atoms with van der Waals surface area (Å²) >= 11 is 11.2. The van der Waals surface area contributed by atoms with E-state index < -0.39 is 0 Å². The van der Waals surface area contributed by atoms with Crippen molar-refractivity contribution >= 4 is 35.1 Å². The molecule has 7 heteroatoms. The van der Waals surface area contributed by atoms with Crippen molar-refractivity contribution in [3.8, 4) is 11.5 Å². The predicted octanol–water partition coefficient (Wildman–Crippen LogP) is 4.97. The maximum absolute atomic E-state index is 5.92. The number of hydrogen-bond acceptors (Lipinski definition) is 4. The number of nitrogens with one attached hydrogen (secondary N) is 2. The molecule has 3 aromatic carbocycles. The van der Waals surface area contributed by atoms with Gasteiger partial charge in [0.05, 0.1) is 13.3 Å². The van der Waals surface area contributed by atoms with Crippen molar-refractivity contribution in [1.29, 1.82) is 0 Å². The van der Waals surface area contributed by atoms with E-state index in [1.54, 1.807) is 13.3 Å². The number of hydrogen-bond donors (Lipinski definition) is 2. The first kappa shape index (κ1) is 22.6. The van der Waals surface area contributed by atoms with Crippen LogP contribution < -0.4 is 20.2 Å². The van der Waals surface area contributed by atoms with Gasteiger partial charge in [0.25, 0.3) is 0 Å². The van der Waals surface area contributed by atoms with Crippen molar-refractivity contribution in [3.05, 3.63) is 94.5 Å². The maximum atomic E-state index is 5.92. The summed E-state index contributed by atoms with van der Waals surface area (Å²) in [5, 5.41) is 8.50. The summed E-state index contributed by atoms with van der Waals surface area (Å²) in [6.07, 6.45) is 2.57. The standard InChI is InChI=1S/C24H24ClN3O2S/c1-29-23-15-20(9-12-22(23)30-17-19-7-10-21(25)11-8-19)16-27-28-24(31)26-14-13-18-5-3-2-4-6-18/h2-12,15-16H,13-14,17H2,1H3,(H2,26,28,31)/b27-16-. The number of methoxy groups -OCH3 is 1. The molecule has 3 rings (SSSR count). The second-order valence-electron chi connectivity index (χ2n) is 6.69. The number of halogens is 1. The fourth-order valence-electron chi connectivity index (χ4n) is 2.80. The van der Waals surface area contributed by atoms with Gasteiger partial charge in [-0.1, -0.05) is 54.1 Å². The van der Waals surface area contributed by atoms with Crippen LogP contribution in [0.25, 0.3) is 0 Å². The van der Waals surface area contributed by atoms with Gasteiger partial charge >= 0.3 is 0 Å². The van der Waals surface area contributed by atoms with E-state index in [1.165, 1.54) is 5.56 Å². The highest BCUT2D eigenvalue weighted by atomic mass is 35.5. The van der Waals surface area contributed by atoms with Gasteiger partial charge in [-0.05, 0) is 65.7 Å². The topological polar surface area (TPSA) is 54.9 Å². The first-order valence-corrected chi connectivity index (χ1v) is 10.6. The van der Waals surface area contributed by atoms with Crippen LogP contribution in [-0.2, 0) is 13.0 Å². The van der Waals surface area contributed by atoms with E-state index in [-0.39, 0.29) is 0 Å². The lowest BCUT2D eigenvalue weighted by Crippen LogP contribution is -2.33. The molecule has 0 fully saturated rings. The predicted molar refractivity (Wildman–Crippen MR) is 130 cm³/mol. The second kappa shape index (κ2) is 11.9. The average molecular weight is 454 g/mol. The molecular formula is C24H24ClN3O2S. The number of thiocarbonyl (C=S) groups is 1. The van der Waals surface area contributed by atoms with Crippen molar-refractivity contribution in [2.75, 3.05) is 13.7 Å². The first-order chi connectivity index (χ1) is 15.1. The molecule has 0 saturated heterocycles. The normalized spacial score (nSPS) is 10.6. The van der Waals surface area contributed by atoms with Crippen molar-refractivity contribution in [1.82, 2.24) is 10.7 Å². The van der Waals surface area contributed by atoms with E-state index in [1.807, 2.05) is 60.7 Å². The van der Waals surface area contributed by atoms with Crippen LogP contribution in [0.3, 0.4) is 0 Å². The van der Waals surface area contributed by atoms with Gasteiger partial charge in [-0.15, -0.1) is 0 Å². The Kier molecular flexibility index (Phi) is 8.70. The summed E-state index contributed by atoms with van der Waals surface area (Å²) in [6.45, 7) is 1.16. The molecule has 0 aliphatic carbocycles. The summed E-state index contributed by atoms with van der Waals surface area (Å²) in [5.41, 5.74) is 5.96. The van der Waals surface area contributed by atoms with Crippen LogP contribution in [0, 0.1) is 0 Å². The van der Waals surface area contributed by atoms with Crippen LogP contribution in [0.5, 0.6) is 11.5 Å². The van der Waals surface area contributed by atoms with Gasteiger partial charge in [-0.25, -0.2) is 0 Å². The minimum atomic E-state index is 0.422. The van der Waals surface area contributed by atoms with Crippen LogP contribution in [0.2, 0.25) is 5.02 Å². The lowest BCUT2D eigenvalue weighted by Gasteiger charge is -2.11. The molecule has 0 bridgehead atoms. The van der Waals surface area contributed by atoms with Gasteiger partial charge in [0.15, 0.2) is 16.6 Å². The zero-order chi connectivity index (χ0) is 21.9. The zero-order valence-electron chi connectivity index (χ0n) is 17.2. The molecule has 0 radical (unpaired) electrons. The van der Waals surface area contributed by atoms with E-state index in [2.05, 4.69) is 28.0 Å². The van der Waals surface area contributed by atoms with Gasteiger partial charge in [0.2, 0.25) is 0 Å². The lowest BCUT2D eigenvalue weighted by molar-refractivity contribution is 0.284. The van der Waals surface area contributed by atoms with Gasteiger partial charge in [0.1, 0.15) is 6.61 Å². The highest BCUT2D eigenvalue weighted by Gasteiger charge is 2.06. The summed E-state index contributed by atoms with van der Waals surface area (Å²) in [5.74, 6) is 1.28. The Bertz CT molecular complexity index is 1010. The minimum Gasteiger partial charge on any atom is -0.493 e. The van der Waals surface area contributed by atoms with Crippen molar-refractivity contribution in [3.63, 3.8) is 0 Å². The third kappa shape index (κ3) is 7.59. The molecule has 0 amide bonds. The smallest absolute Gasteiger partial charge is 0.186 e. The van der Waals surface area contributed by atoms with Crippen LogP contribution in [0.4, 0.5) is 0 Å². The molecule has 0 atom stereocenters. The summed E-state index contributed by atoms with van der Waals surface area (Å²) in [7, 11) is 1.61. The molecule has 2 N–H and O–H groups in total. The SMILES string of the molecule is COc1cc(/C=N\NC(=S)NCCc2ccccc2)ccc1OCc1ccc(Cl)cc1. The molecule has 0 aliphatic rings. The van der Waals surface area contributed by atoms with Gasteiger partial charge in [-0.2, -0.15) is 5.10 Å². The minimum absolute atomic E-state index is 0.422. The quantitative estimate of drug-likeness (QED) is 0.272. The molecule has 0 unspecified atom stereocenters. The monoisotopic (exact) mass is 453 g/mol. The Morgan fingerprint density at radius 1 is 1.00 bits per heavy atom. The Hall–Kier alpha value is -3.09. The maximum Gasteiger partial charge on any atom is 0.186 e. The fourth-order valence-corrected chi connectivity index (χ4v) is 3.08. The molecule has 0 heterocycles. The summed E-state index contributed by atoms with van der Waals surface area (Å²) in [4.78, 5) is 0. The van der Waals surface area contributed by atoms with Gasteiger partial charge in [-0.3, -0.25) is 5.43 Å². The number of hydrazone groups is 1. The third-order valence-corrected chi connectivity index (χ3v) is 4.90. The molecule has 160 valence electrons. The zero-order valence-corrected chi connectivity index (χ0v) is 18.7. The molecular weight excluding hydrogens is 430 g/mol. The van der Waals surface area contributed by atoms with E-state index in [9.17, 15) is 0 Å². The molecule has 0 saturated carbocycles.